The molecule has 0 saturated carbocycles. The van der Waals surface area contributed by atoms with Crippen LogP contribution in [0.5, 0.6) is 5.75 Å². The normalized spacial score (nSPS) is 18.4. The van der Waals surface area contributed by atoms with Gasteiger partial charge in [0, 0.05) is 38.3 Å². The minimum absolute atomic E-state index is 0. The molecule has 0 radical (unpaired) electrons. The summed E-state index contributed by atoms with van der Waals surface area (Å²) in [5.41, 5.74) is 1.29. The van der Waals surface area contributed by atoms with Gasteiger partial charge in [0.1, 0.15) is 11.8 Å². The number of likely N-dealkylation sites (tertiary alicyclic amines) is 1. The van der Waals surface area contributed by atoms with Gasteiger partial charge in [-0.15, -0.1) is 12.4 Å². The molecule has 2 amide bonds. The summed E-state index contributed by atoms with van der Waals surface area (Å²) in [6.07, 6.45) is 2.51. The number of nitrogens with one attached hydrogen (secondary N) is 1. The van der Waals surface area contributed by atoms with E-state index in [1.807, 2.05) is 35.2 Å². The van der Waals surface area contributed by atoms with Crippen molar-refractivity contribution in [3.8, 4) is 5.75 Å². The second kappa shape index (κ2) is 12.9. The maximum absolute atomic E-state index is 13.6. The molecule has 2 aliphatic heterocycles. The third kappa shape index (κ3) is 7.19. The van der Waals surface area contributed by atoms with Crippen molar-refractivity contribution in [1.29, 1.82) is 0 Å². The fraction of sp³-hybridized carbons (Fsp3) is 0.481. The monoisotopic (exact) mass is 500 g/mol. The largest absolute Gasteiger partial charge is 0.497 e. The van der Waals surface area contributed by atoms with Crippen molar-refractivity contribution in [2.75, 3.05) is 60.0 Å². The molecule has 0 unspecified atom stereocenters. The first kappa shape index (κ1) is 27.0. The molecule has 8 heteroatoms. The minimum atomic E-state index is -0.712. The summed E-state index contributed by atoms with van der Waals surface area (Å²) < 4.78 is 5.18. The molecule has 2 aromatic rings. The minimum Gasteiger partial charge on any atom is -0.497 e. The number of carbonyl (C=O) groups excluding carboxylic acids is 2. The Bertz CT molecular complexity index is 941. The summed E-state index contributed by atoms with van der Waals surface area (Å²) in [7, 11) is 3.78. The van der Waals surface area contributed by atoms with Crippen LogP contribution in [-0.2, 0) is 4.79 Å². The number of amides is 2. The van der Waals surface area contributed by atoms with Crippen LogP contribution in [0.25, 0.3) is 0 Å². The summed E-state index contributed by atoms with van der Waals surface area (Å²) in [5, 5.41) is 2.98. The van der Waals surface area contributed by atoms with E-state index in [0.29, 0.717) is 24.4 Å². The molecule has 0 bridgehead atoms. The number of piperidine rings is 1. The third-order valence-electron chi connectivity index (χ3n) is 7.05. The highest BCUT2D eigenvalue weighted by atomic mass is 35.5. The SMILES string of the molecule is COc1ccc(C(=O)N[C@@H](C(=O)N2CCN(CC3CCN(C)CC3)CC2)c2ccccc2)cc1.Cl. The number of hydrogen-bond donors (Lipinski definition) is 1. The Hall–Kier alpha value is -2.61. The Morgan fingerprint density at radius 1 is 0.943 bits per heavy atom. The van der Waals surface area contributed by atoms with Crippen LogP contribution in [0.1, 0.15) is 34.8 Å². The highest BCUT2D eigenvalue weighted by Crippen LogP contribution is 2.21. The number of benzene rings is 2. The van der Waals surface area contributed by atoms with Gasteiger partial charge in [0.15, 0.2) is 0 Å². The number of methoxy groups -OCH3 is 1. The lowest BCUT2D eigenvalue weighted by molar-refractivity contribution is -0.135. The van der Waals surface area contributed by atoms with Crippen LogP contribution in [0.4, 0.5) is 0 Å². The van der Waals surface area contributed by atoms with Gasteiger partial charge in [-0.1, -0.05) is 30.3 Å². The molecule has 2 aromatic carbocycles. The molecular weight excluding hydrogens is 464 g/mol. The molecule has 4 rings (SSSR count). The molecule has 35 heavy (non-hydrogen) atoms. The number of rotatable bonds is 7. The summed E-state index contributed by atoms with van der Waals surface area (Å²) in [6.45, 7) is 6.61. The van der Waals surface area contributed by atoms with Crippen LogP contribution in [0.15, 0.2) is 54.6 Å². The van der Waals surface area contributed by atoms with Crippen molar-refractivity contribution in [2.45, 2.75) is 18.9 Å². The van der Waals surface area contributed by atoms with Crippen LogP contribution < -0.4 is 10.1 Å². The first-order valence-electron chi connectivity index (χ1n) is 12.2. The Kier molecular flexibility index (Phi) is 9.95. The molecule has 190 valence electrons. The van der Waals surface area contributed by atoms with E-state index in [-0.39, 0.29) is 24.2 Å². The molecule has 7 nitrogen and oxygen atoms in total. The summed E-state index contributed by atoms with van der Waals surface area (Å²) in [5.74, 6) is 1.11. The predicted molar refractivity (Wildman–Crippen MR) is 140 cm³/mol. The van der Waals surface area contributed by atoms with Gasteiger partial charge in [-0.05, 0) is 68.7 Å². The first-order chi connectivity index (χ1) is 16.5. The lowest BCUT2D eigenvalue weighted by atomic mass is 9.96. The second-order valence-corrected chi connectivity index (χ2v) is 9.42. The number of piperazine rings is 1. The fourth-order valence-electron chi connectivity index (χ4n) is 4.83. The van der Waals surface area contributed by atoms with Gasteiger partial charge in [-0.2, -0.15) is 0 Å². The fourth-order valence-corrected chi connectivity index (χ4v) is 4.83. The number of nitrogens with zero attached hydrogens (tertiary/aromatic N) is 3. The van der Waals surface area contributed by atoms with E-state index in [2.05, 4.69) is 22.2 Å². The lowest BCUT2D eigenvalue weighted by Crippen LogP contribution is -2.53. The van der Waals surface area contributed by atoms with Crippen molar-refractivity contribution in [1.82, 2.24) is 20.0 Å². The summed E-state index contributed by atoms with van der Waals surface area (Å²) in [4.78, 5) is 33.3. The number of ether oxygens (including phenoxy) is 1. The second-order valence-electron chi connectivity index (χ2n) is 9.42. The van der Waals surface area contributed by atoms with Crippen LogP contribution >= 0.6 is 12.4 Å². The molecule has 2 saturated heterocycles. The van der Waals surface area contributed by atoms with Crippen molar-refractivity contribution in [2.24, 2.45) is 5.92 Å². The van der Waals surface area contributed by atoms with E-state index in [1.165, 1.54) is 25.9 Å². The van der Waals surface area contributed by atoms with Crippen molar-refractivity contribution < 1.29 is 14.3 Å². The van der Waals surface area contributed by atoms with Crippen LogP contribution in [0, 0.1) is 5.92 Å². The molecular formula is C27H37ClN4O3. The van der Waals surface area contributed by atoms with Crippen LogP contribution in [-0.4, -0.2) is 86.5 Å². The zero-order valence-corrected chi connectivity index (χ0v) is 21.5. The number of halogens is 1. The van der Waals surface area contributed by atoms with E-state index in [1.54, 1.807) is 31.4 Å². The van der Waals surface area contributed by atoms with Crippen LogP contribution in [0.2, 0.25) is 0 Å². The van der Waals surface area contributed by atoms with Gasteiger partial charge < -0.3 is 19.9 Å². The zero-order valence-electron chi connectivity index (χ0n) is 20.7. The maximum Gasteiger partial charge on any atom is 0.252 e. The first-order valence-corrected chi connectivity index (χ1v) is 12.2. The molecule has 1 atom stereocenters. The van der Waals surface area contributed by atoms with Crippen LogP contribution in [0.3, 0.4) is 0 Å². The Labute approximate surface area is 214 Å². The average Bonchev–Trinajstić information content (AvgIpc) is 2.89. The molecule has 0 spiro atoms. The van der Waals surface area contributed by atoms with Gasteiger partial charge in [0.05, 0.1) is 7.11 Å². The molecule has 0 aromatic heterocycles. The van der Waals surface area contributed by atoms with E-state index >= 15 is 0 Å². The Morgan fingerprint density at radius 3 is 2.17 bits per heavy atom. The van der Waals surface area contributed by atoms with Crippen molar-refractivity contribution >= 4 is 24.2 Å². The highest BCUT2D eigenvalue weighted by Gasteiger charge is 2.31. The highest BCUT2D eigenvalue weighted by molar-refractivity contribution is 5.98. The molecule has 0 aliphatic carbocycles. The lowest BCUT2D eigenvalue weighted by Gasteiger charge is -2.39. The zero-order chi connectivity index (χ0) is 23.9. The van der Waals surface area contributed by atoms with E-state index in [9.17, 15) is 9.59 Å². The Balaban J connectivity index is 0.00000342. The molecule has 2 fully saturated rings. The summed E-state index contributed by atoms with van der Waals surface area (Å²) >= 11 is 0. The predicted octanol–water partition coefficient (Wildman–Crippen LogP) is 3.07. The summed E-state index contributed by atoms with van der Waals surface area (Å²) in [6, 6.07) is 15.7. The third-order valence-corrected chi connectivity index (χ3v) is 7.05. The van der Waals surface area contributed by atoms with Crippen molar-refractivity contribution in [3.05, 3.63) is 65.7 Å². The quantitative estimate of drug-likeness (QED) is 0.633. The standard InChI is InChI=1S/C27H36N4O3.ClH/c1-29-14-12-21(13-15-29)20-30-16-18-31(19-17-30)27(33)25(22-6-4-3-5-7-22)28-26(32)23-8-10-24(34-2)11-9-23;/h3-11,21,25H,12-20H2,1-2H3,(H,28,32);1H/t25-;/m1./s1. The molecule has 2 aliphatic rings. The van der Waals surface area contributed by atoms with E-state index in [4.69, 9.17) is 4.74 Å². The topological polar surface area (TPSA) is 65.1 Å². The molecule has 2 heterocycles. The van der Waals surface area contributed by atoms with Crippen molar-refractivity contribution in [3.63, 3.8) is 0 Å². The Morgan fingerprint density at radius 2 is 1.57 bits per heavy atom. The van der Waals surface area contributed by atoms with Gasteiger partial charge in [-0.25, -0.2) is 0 Å². The van der Waals surface area contributed by atoms with Gasteiger partial charge in [0.2, 0.25) is 5.91 Å². The van der Waals surface area contributed by atoms with Gasteiger partial charge >= 0.3 is 0 Å². The smallest absolute Gasteiger partial charge is 0.252 e. The maximum atomic E-state index is 13.6. The molecule has 1 N–H and O–H groups in total. The van der Waals surface area contributed by atoms with Gasteiger partial charge in [-0.3, -0.25) is 14.5 Å². The average molecular weight is 501 g/mol. The van der Waals surface area contributed by atoms with Gasteiger partial charge in [0.25, 0.3) is 5.91 Å². The number of hydrogen-bond acceptors (Lipinski definition) is 5. The van der Waals surface area contributed by atoms with E-state index in [0.717, 1.165) is 31.1 Å². The number of carbonyl (C=O) groups is 2. The van der Waals surface area contributed by atoms with E-state index < -0.39 is 6.04 Å².